The van der Waals surface area contributed by atoms with Gasteiger partial charge in [0.15, 0.2) is 0 Å². The summed E-state index contributed by atoms with van der Waals surface area (Å²) in [6.45, 7) is 1.08. The fourth-order valence-corrected chi connectivity index (χ4v) is 0. The van der Waals surface area contributed by atoms with E-state index in [4.69, 9.17) is 27.4 Å². The number of aliphatic carboxylic acids is 1. The number of hydrogen-bond acceptors (Lipinski definition) is 3. The summed E-state index contributed by atoms with van der Waals surface area (Å²) in [4.78, 5) is 9.00. The maximum Gasteiger partial charge on any atom is 0 e. The van der Waals surface area contributed by atoms with E-state index < -0.39 is 16.4 Å². The third kappa shape index (κ3) is 189. The summed E-state index contributed by atoms with van der Waals surface area (Å²) in [5, 5.41) is 7.42. The molecule has 0 heterocycles. The normalized spacial score (nSPS) is 6.92. The number of carbonyl (C=O) groups is 1. The summed E-state index contributed by atoms with van der Waals surface area (Å²) in [7, 11) is -4.67. The molecular formula is C2H8K2O6SZn. The molecule has 0 spiro atoms. The van der Waals surface area contributed by atoms with Crippen LogP contribution in [0, 0.1) is 0 Å². The van der Waals surface area contributed by atoms with Crippen molar-refractivity contribution in [3.8, 4) is 0 Å². The Kier molecular flexibility index (Phi) is 40.9. The standard InChI is InChI=1S/C2H4O2.2K.H2O4S.Zn.2H/c1-2(3)4;;;1-5(2,3)4;;;/h1H3,(H,3,4);;;(H2,1,2,3,4);;;. The van der Waals surface area contributed by atoms with Crippen molar-refractivity contribution in [1.82, 2.24) is 0 Å². The van der Waals surface area contributed by atoms with E-state index in [1.165, 1.54) is 0 Å². The van der Waals surface area contributed by atoms with Gasteiger partial charge in [0, 0.05) is 26.4 Å². The van der Waals surface area contributed by atoms with Crippen LogP contribution in [0.1, 0.15) is 6.92 Å². The van der Waals surface area contributed by atoms with E-state index in [0.29, 0.717) is 0 Å². The van der Waals surface area contributed by atoms with Crippen molar-refractivity contribution in [3.05, 3.63) is 0 Å². The third-order valence-corrected chi connectivity index (χ3v) is 0. The molecule has 0 bridgehead atoms. The Morgan fingerprint density at radius 3 is 1.17 bits per heavy atom. The summed E-state index contributed by atoms with van der Waals surface area (Å²) in [6, 6.07) is 0. The van der Waals surface area contributed by atoms with Gasteiger partial charge < -0.3 is 5.11 Å². The van der Waals surface area contributed by atoms with E-state index in [9.17, 15) is 0 Å². The van der Waals surface area contributed by atoms with E-state index >= 15 is 0 Å². The van der Waals surface area contributed by atoms with E-state index in [1.54, 1.807) is 0 Å². The molecule has 0 aliphatic heterocycles. The SMILES string of the molecule is CC(=O)O.O=S(=O)(O)O.[KH].[KH].[Zn]. The van der Waals surface area contributed by atoms with Crippen LogP contribution >= 0.6 is 0 Å². The minimum Gasteiger partial charge on any atom is 0 e. The molecule has 0 atom stereocenters. The molecule has 6 nitrogen and oxygen atoms in total. The van der Waals surface area contributed by atoms with Crippen LogP contribution in [0.2, 0.25) is 0 Å². The summed E-state index contributed by atoms with van der Waals surface area (Å²) < 4.78 is 31.6. The first-order valence-electron chi connectivity index (χ1n) is 1.63. The molecule has 0 radical (unpaired) electrons. The molecule has 10 heteroatoms. The number of hydrogen-bond donors (Lipinski definition) is 3. The Bertz CT molecular complexity index is 166. The predicted molar refractivity (Wildman–Crippen MR) is 41.8 cm³/mol. The van der Waals surface area contributed by atoms with Gasteiger partial charge in [-0.3, -0.25) is 13.9 Å². The van der Waals surface area contributed by atoms with Gasteiger partial charge in [-0.2, -0.15) is 8.42 Å². The third-order valence-electron chi connectivity index (χ3n) is 0. The average Bonchev–Trinajstić information content (AvgIpc) is 1.19. The van der Waals surface area contributed by atoms with Crippen LogP contribution < -0.4 is 0 Å². The molecule has 0 aromatic carbocycles. The Labute approximate surface area is 168 Å². The van der Waals surface area contributed by atoms with E-state index in [0.717, 1.165) is 6.92 Å². The first-order chi connectivity index (χ1) is 3.73. The minimum absolute atomic E-state index is 0. The smallest absolute Gasteiger partial charge is 0 e. The molecule has 3 N–H and O–H groups in total. The second kappa shape index (κ2) is 16.7. The molecule has 12 heavy (non-hydrogen) atoms. The van der Waals surface area contributed by atoms with Crippen molar-refractivity contribution in [2.75, 3.05) is 0 Å². The molecule has 0 saturated heterocycles. The fourth-order valence-electron chi connectivity index (χ4n) is 0. The Morgan fingerprint density at radius 2 is 1.17 bits per heavy atom. The van der Waals surface area contributed by atoms with Crippen LogP contribution in [0.4, 0.5) is 0 Å². The van der Waals surface area contributed by atoms with Crippen LogP contribution in [0.15, 0.2) is 0 Å². The van der Waals surface area contributed by atoms with E-state index in [-0.39, 0.29) is 122 Å². The van der Waals surface area contributed by atoms with Crippen LogP contribution in [0.25, 0.3) is 0 Å². The summed E-state index contributed by atoms with van der Waals surface area (Å²) in [5.41, 5.74) is 0. The van der Waals surface area contributed by atoms with Crippen molar-refractivity contribution in [1.29, 1.82) is 0 Å². The molecular weight excluding hydrogens is 296 g/mol. The summed E-state index contributed by atoms with van der Waals surface area (Å²) >= 11 is 0. The van der Waals surface area contributed by atoms with Crippen molar-refractivity contribution >= 4 is 119 Å². The molecule has 0 unspecified atom stereocenters. The zero-order valence-corrected chi connectivity index (χ0v) is 8.97. The molecule has 0 rings (SSSR count). The number of carboxylic acid groups (broad SMARTS) is 1. The van der Waals surface area contributed by atoms with Gasteiger partial charge in [-0.1, -0.05) is 0 Å². The van der Waals surface area contributed by atoms with Gasteiger partial charge >= 0.3 is 113 Å². The first-order valence-corrected chi connectivity index (χ1v) is 3.02. The quantitative estimate of drug-likeness (QED) is 0.357. The van der Waals surface area contributed by atoms with Gasteiger partial charge in [0.25, 0.3) is 5.97 Å². The predicted octanol–water partition coefficient (Wildman–Crippen LogP) is -1.86. The maximum atomic E-state index is 9.00. The molecule has 0 saturated carbocycles. The van der Waals surface area contributed by atoms with Gasteiger partial charge in [-0.15, -0.1) is 0 Å². The minimum atomic E-state index is -4.67. The van der Waals surface area contributed by atoms with E-state index in [2.05, 4.69) is 0 Å². The fraction of sp³-hybridized carbons (Fsp3) is 0.500. The van der Waals surface area contributed by atoms with Crippen LogP contribution in [0.3, 0.4) is 0 Å². The van der Waals surface area contributed by atoms with Gasteiger partial charge in [-0.05, 0) is 0 Å². The topological polar surface area (TPSA) is 112 Å². The molecule has 62 valence electrons. The first kappa shape index (κ1) is 29.5. The summed E-state index contributed by atoms with van der Waals surface area (Å²) in [6.07, 6.45) is 0. The second-order valence-electron chi connectivity index (χ2n) is 0.967. The zero-order valence-electron chi connectivity index (χ0n) is 5.18. The Balaban J connectivity index is -0.0000000221. The molecule has 0 aromatic heterocycles. The zero-order chi connectivity index (χ0) is 8.08. The summed E-state index contributed by atoms with van der Waals surface area (Å²) in [5.74, 6) is -0.833. The molecule has 0 amide bonds. The van der Waals surface area contributed by atoms with Gasteiger partial charge in [0.1, 0.15) is 0 Å². The van der Waals surface area contributed by atoms with Crippen molar-refractivity contribution in [2.45, 2.75) is 6.92 Å². The van der Waals surface area contributed by atoms with Crippen molar-refractivity contribution in [3.63, 3.8) is 0 Å². The van der Waals surface area contributed by atoms with Crippen molar-refractivity contribution in [2.24, 2.45) is 0 Å². The monoisotopic (exact) mass is 302 g/mol. The second-order valence-corrected chi connectivity index (χ2v) is 1.86. The Hall–Kier alpha value is 3.24. The molecule has 0 aliphatic carbocycles. The van der Waals surface area contributed by atoms with Crippen LogP contribution in [0.5, 0.6) is 0 Å². The average molecular weight is 304 g/mol. The van der Waals surface area contributed by atoms with Gasteiger partial charge in [0.05, 0.1) is 0 Å². The van der Waals surface area contributed by atoms with Crippen LogP contribution in [-0.4, -0.2) is 131 Å². The van der Waals surface area contributed by atoms with E-state index in [1.807, 2.05) is 0 Å². The molecule has 0 aliphatic rings. The Morgan fingerprint density at radius 1 is 1.17 bits per heavy atom. The number of carboxylic acids is 1. The molecule has 0 aromatic rings. The molecule has 0 fully saturated rings. The largest absolute Gasteiger partial charge is 0 e. The van der Waals surface area contributed by atoms with Gasteiger partial charge in [0.2, 0.25) is 0 Å². The van der Waals surface area contributed by atoms with Crippen LogP contribution in [-0.2, 0) is 34.7 Å². The van der Waals surface area contributed by atoms with Gasteiger partial charge in [-0.25, -0.2) is 0 Å². The number of rotatable bonds is 0. The van der Waals surface area contributed by atoms with Crippen molar-refractivity contribution < 1.29 is 46.9 Å². The maximum absolute atomic E-state index is 9.00.